The van der Waals surface area contributed by atoms with E-state index in [-0.39, 0.29) is 5.54 Å². The van der Waals surface area contributed by atoms with Gasteiger partial charge in [-0.05, 0) is 38.0 Å². The summed E-state index contributed by atoms with van der Waals surface area (Å²) in [5.41, 5.74) is 6.70. The Morgan fingerprint density at radius 2 is 1.94 bits per heavy atom. The molecule has 3 heteroatoms. The van der Waals surface area contributed by atoms with Crippen molar-refractivity contribution in [2.75, 3.05) is 6.54 Å². The van der Waals surface area contributed by atoms with E-state index in [0.717, 1.165) is 12.5 Å². The van der Waals surface area contributed by atoms with Gasteiger partial charge in [0.15, 0.2) is 5.96 Å². The lowest BCUT2D eigenvalue weighted by Crippen LogP contribution is -2.54. The molecule has 0 radical (unpaired) electrons. The Kier molecular flexibility index (Phi) is 3.61. The van der Waals surface area contributed by atoms with Crippen molar-refractivity contribution in [1.29, 1.82) is 0 Å². The van der Waals surface area contributed by atoms with Crippen LogP contribution in [0, 0.1) is 5.41 Å². The summed E-state index contributed by atoms with van der Waals surface area (Å²) < 4.78 is 0. The number of hydrogen-bond donors (Lipinski definition) is 1. The second kappa shape index (κ2) is 4.75. The molecule has 0 amide bonds. The zero-order valence-corrected chi connectivity index (χ0v) is 12.5. The van der Waals surface area contributed by atoms with E-state index in [1.165, 1.54) is 38.5 Å². The molecule has 1 unspecified atom stereocenters. The second-order valence-corrected chi connectivity index (χ2v) is 7.54. The molecular weight excluding hydrogens is 222 g/mol. The highest BCUT2D eigenvalue weighted by Crippen LogP contribution is 2.37. The molecule has 0 aromatic carbocycles. The highest BCUT2D eigenvalue weighted by atomic mass is 15.4. The molecule has 1 aliphatic heterocycles. The molecule has 2 N–H and O–H groups in total. The van der Waals surface area contributed by atoms with Crippen LogP contribution in [0.3, 0.4) is 0 Å². The molecule has 0 spiro atoms. The quantitative estimate of drug-likeness (QED) is 0.837. The fourth-order valence-electron chi connectivity index (χ4n) is 3.31. The molecule has 18 heavy (non-hydrogen) atoms. The van der Waals surface area contributed by atoms with Gasteiger partial charge in [0.25, 0.3) is 0 Å². The Balaban J connectivity index is 2.06. The molecule has 0 saturated heterocycles. The number of rotatable bonds is 3. The first kappa shape index (κ1) is 13.7. The summed E-state index contributed by atoms with van der Waals surface area (Å²) in [7, 11) is 0. The van der Waals surface area contributed by atoms with E-state index >= 15 is 0 Å². The molecule has 0 aromatic rings. The Labute approximate surface area is 112 Å². The van der Waals surface area contributed by atoms with Gasteiger partial charge in [-0.3, -0.25) is 4.99 Å². The zero-order chi connectivity index (χ0) is 13.4. The van der Waals surface area contributed by atoms with Crippen LogP contribution in [0.4, 0.5) is 0 Å². The first-order valence-electron chi connectivity index (χ1n) is 7.41. The normalized spacial score (nSPS) is 30.0. The number of guanidine groups is 1. The summed E-state index contributed by atoms with van der Waals surface area (Å²) in [4.78, 5) is 6.99. The Morgan fingerprint density at radius 3 is 2.50 bits per heavy atom. The molecule has 3 nitrogen and oxygen atoms in total. The van der Waals surface area contributed by atoms with Crippen molar-refractivity contribution in [3.05, 3.63) is 0 Å². The number of aliphatic imine (C=N–C) groups is 1. The summed E-state index contributed by atoms with van der Waals surface area (Å²) >= 11 is 0. The minimum Gasteiger partial charge on any atom is -0.370 e. The van der Waals surface area contributed by atoms with Crippen molar-refractivity contribution in [1.82, 2.24) is 4.90 Å². The molecule has 1 saturated carbocycles. The van der Waals surface area contributed by atoms with Gasteiger partial charge in [-0.2, -0.15) is 0 Å². The lowest BCUT2D eigenvalue weighted by atomic mass is 9.83. The smallest absolute Gasteiger partial charge is 0.192 e. The zero-order valence-electron chi connectivity index (χ0n) is 12.5. The van der Waals surface area contributed by atoms with Crippen molar-refractivity contribution in [3.8, 4) is 0 Å². The fourth-order valence-corrected chi connectivity index (χ4v) is 3.31. The topological polar surface area (TPSA) is 41.6 Å². The van der Waals surface area contributed by atoms with Crippen LogP contribution in [-0.2, 0) is 0 Å². The first-order valence-corrected chi connectivity index (χ1v) is 7.41. The Hall–Kier alpha value is -0.730. The van der Waals surface area contributed by atoms with Crippen molar-refractivity contribution in [2.24, 2.45) is 16.1 Å². The molecular formula is C15H29N3. The van der Waals surface area contributed by atoms with E-state index in [2.05, 4.69) is 37.6 Å². The molecule has 0 bridgehead atoms. The van der Waals surface area contributed by atoms with Gasteiger partial charge in [-0.25, -0.2) is 0 Å². The van der Waals surface area contributed by atoms with Gasteiger partial charge < -0.3 is 10.6 Å². The number of hydrogen-bond acceptors (Lipinski definition) is 3. The van der Waals surface area contributed by atoms with Gasteiger partial charge in [-0.15, -0.1) is 0 Å². The summed E-state index contributed by atoms with van der Waals surface area (Å²) in [5.74, 6) is 0.790. The molecule has 2 rings (SSSR count). The van der Waals surface area contributed by atoms with Crippen molar-refractivity contribution >= 4 is 5.96 Å². The molecule has 1 atom stereocenters. The predicted octanol–water partition coefficient (Wildman–Crippen LogP) is 3.14. The third-order valence-electron chi connectivity index (χ3n) is 4.51. The molecule has 2 aliphatic rings. The van der Waals surface area contributed by atoms with Crippen molar-refractivity contribution < 1.29 is 0 Å². The Bertz CT molecular complexity index is 323. The van der Waals surface area contributed by atoms with E-state index in [1.54, 1.807) is 0 Å². The minimum absolute atomic E-state index is 0.159. The molecule has 104 valence electrons. The largest absolute Gasteiger partial charge is 0.370 e. The lowest BCUT2D eigenvalue weighted by Gasteiger charge is -2.41. The molecule has 1 fully saturated rings. The van der Waals surface area contributed by atoms with Crippen LogP contribution < -0.4 is 5.73 Å². The number of nitrogens with zero attached hydrogens (tertiary/aromatic N) is 2. The van der Waals surface area contributed by atoms with Gasteiger partial charge in [0.1, 0.15) is 0 Å². The fraction of sp³-hybridized carbons (Fsp3) is 0.933. The SMILES string of the molecule is CC(C)(C)CCC1(C)CN=C(N)N1C1CCCC1. The standard InChI is InChI=1S/C15H29N3/c1-14(2,3)9-10-15(4)11-17-13(16)18(15)12-7-5-6-8-12/h12H,5-11H2,1-4H3,(H2,16,17). The molecule has 1 heterocycles. The van der Waals surface area contributed by atoms with Crippen LogP contribution in [-0.4, -0.2) is 29.0 Å². The summed E-state index contributed by atoms with van der Waals surface area (Å²) in [6.07, 6.45) is 7.71. The average molecular weight is 251 g/mol. The highest BCUT2D eigenvalue weighted by molar-refractivity contribution is 5.81. The maximum absolute atomic E-state index is 6.15. The van der Waals surface area contributed by atoms with E-state index in [9.17, 15) is 0 Å². The van der Waals surface area contributed by atoms with Gasteiger partial charge in [0.05, 0.1) is 12.1 Å². The summed E-state index contributed by atoms with van der Waals surface area (Å²) in [6, 6.07) is 0.640. The Morgan fingerprint density at radius 1 is 1.33 bits per heavy atom. The van der Waals surface area contributed by atoms with Crippen LogP contribution in [0.2, 0.25) is 0 Å². The number of nitrogens with two attached hydrogens (primary N) is 1. The van der Waals surface area contributed by atoms with Crippen molar-refractivity contribution in [2.45, 2.75) is 77.8 Å². The summed E-state index contributed by atoms with van der Waals surface area (Å²) in [6.45, 7) is 10.2. The maximum atomic E-state index is 6.15. The lowest BCUT2D eigenvalue weighted by molar-refractivity contribution is 0.138. The van der Waals surface area contributed by atoms with E-state index in [4.69, 9.17) is 5.73 Å². The first-order chi connectivity index (χ1) is 8.32. The van der Waals surface area contributed by atoms with E-state index < -0.39 is 0 Å². The minimum atomic E-state index is 0.159. The highest BCUT2D eigenvalue weighted by Gasteiger charge is 2.42. The van der Waals surface area contributed by atoms with Crippen LogP contribution >= 0.6 is 0 Å². The van der Waals surface area contributed by atoms with Crippen molar-refractivity contribution in [3.63, 3.8) is 0 Å². The van der Waals surface area contributed by atoms with Crippen LogP contribution in [0.1, 0.15) is 66.2 Å². The second-order valence-electron chi connectivity index (χ2n) is 7.54. The van der Waals surface area contributed by atoms with Gasteiger partial charge in [0, 0.05) is 6.04 Å². The molecule has 1 aliphatic carbocycles. The third kappa shape index (κ3) is 2.81. The summed E-state index contributed by atoms with van der Waals surface area (Å²) in [5, 5.41) is 0. The maximum Gasteiger partial charge on any atom is 0.192 e. The third-order valence-corrected chi connectivity index (χ3v) is 4.51. The van der Waals surface area contributed by atoms with Crippen LogP contribution in [0.5, 0.6) is 0 Å². The average Bonchev–Trinajstić information content (AvgIpc) is 2.84. The van der Waals surface area contributed by atoms with Gasteiger partial charge >= 0.3 is 0 Å². The molecule has 0 aromatic heterocycles. The van der Waals surface area contributed by atoms with E-state index in [0.29, 0.717) is 11.5 Å². The van der Waals surface area contributed by atoms with Gasteiger partial charge in [-0.1, -0.05) is 33.6 Å². The predicted molar refractivity (Wildman–Crippen MR) is 77.7 cm³/mol. The van der Waals surface area contributed by atoms with Crippen LogP contribution in [0.15, 0.2) is 4.99 Å². The van der Waals surface area contributed by atoms with Crippen LogP contribution in [0.25, 0.3) is 0 Å². The van der Waals surface area contributed by atoms with Gasteiger partial charge in [0.2, 0.25) is 0 Å². The monoisotopic (exact) mass is 251 g/mol. The van der Waals surface area contributed by atoms with E-state index in [1.807, 2.05) is 0 Å².